The normalized spacial score (nSPS) is 21.9. The Morgan fingerprint density at radius 2 is 1.76 bits per heavy atom. The minimum absolute atomic E-state index is 0.124. The Morgan fingerprint density at radius 1 is 1.05 bits per heavy atom. The van der Waals surface area contributed by atoms with E-state index in [1.165, 1.54) is 12.8 Å². The number of halogens is 2. The third-order valence-corrected chi connectivity index (χ3v) is 4.07. The van der Waals surface area contributed by atoms with Crippen LogP contribution >= 0.6 is 0 Å². The summed E-state index contributed by atoms with van der Waals surface area (Å²) in [7, 11) is 0. The first-order valence-electron chi connectivity index (χ1n) is 7.97. The monoisotopic (exact) mass is 290 g/mol. The fourth-order valence-electron chi connectivity index (χ4n) is 2.80. The molecule has 0 amide bonds. The number of alkyl halides is 1. The van der Waals surface area contributed by atoms with E-state index < -0.39 is 5.67 Å². The molecule has 0 fully saturated rings. The lowest BCUT2D eigenvalue weighted by Crippen LogP contribution is -2.22. The summed E-state index contributed by atoms with van der Waals surface area (Å²) in [5, 5.41) is 0. The average molecular weight is 290 g/mol. The first kappa shape index (κ1) is 15.9. The molecule has 0 saturated carbocycles. The summed E-state index contributed by atoms with van der Waals surface area (Å²) in [6, 6.07) is 9.34. The van der Waals surface area contributed by atoms with Crippen LogP contribution in [0, 0.1) is 0 Å². The van der Waals surface area contributed by atoms with Gasteiger partial charge in [0.2, 0.25) is 0 Å². The largest absolute Gasteiger partial charge is 0.239 e. The van der Waals surface area contributed by atoms with Crippen LogP contribution in [0.3, 0.4) is 0 Å². The second kappa shape index (κ2) is 7.53. The molecule has 21 heavy (non-hydrogen) atoms. The first-order chi connectivity index (χ1) is 10.1. The maximum absolute atomic E-state index is 14.7. The Hall–Kier alpha value is -1.44. The van der Waals surface area contributed by atoms with Gasteiger partial charge in [-0.1, -0.05) is 69.0 Å². The lowest BCUT2D eigenvalue weighted by Gasteiger charge is -2.25. The van der Waals surface area contributed by atoms with E-state index in [4.69, 9.17) is 0 Å². The second-order valence-corrected chi connectivity index (χ2v) is 5.89. The molecule has 2 heteroatoms. The van der Waals surface area contributed by atoms with Gasteiger partial charge in [0.15, 0.2) is 0 Å². The summed E-state index contributed by atoms with van der Waals surface area (Å²) < 4.78 is 28.9. The molecule has 1 aromatic rings. The molecule has 0 N–H and O–H groups in total. The number of unbranched alkanes of at least 4 members (excludes halogenated alkanes) is 4. The molecule has 0 radical (unpaired) electrons. The number of hydrogen-bond acceptors (Lipinski definition) is 0. The van der Waals surface area contributed by atoms with Crippen molar-refractivity contribution in [2.24, 2.45) is 0 Å². The summed E-state index contributed by atoms with van der Waals surface area (Å²) in [4.78, 5) is 0. The van der Waals surface area contributed by atoms with Crippen molar-refractivity contribution in [3.05, 3.63) is 53.9 Å². The Balaban J connectivity index is 1.94. The van der Waals surface area contributed by atoms with Crippen LogP contribution in [0.2, 0.25) is 0 Å². The van der Waals surface area contributed by atoms with Gasteiger partial charge in [0.1, 0.15) is 11.5 Å². The highest BCUT2D eigenvalue weighted by Gasteiger charge is 2.31. The molecule has 0 aliphatic heterocycles. The Kier molecular flexibility index (Phi) is 5.72. The highest BCUT2D eigenvalue weighted by atomic mass is 19.1. The maximum Gasteiger partial charge on any atom is 0.135 e. The molecule has 1 aliphatic rings. The van der Waals surface area contributed by atoms with Crippen LogP contribution in [0.25, 0.3) is 5.57 Å². The van der Waals surface area contributed by atoms with Gasteiger partial charge in [-0.05, 0) is 24.5 Å². The minimum Gasteiger partial charge on any atom is -0.239 e. The van der Waals surface area contributed by atoms with Crippen LogP contribution in [0.4, 0.5) is 8.78 Å². The summed E-state index contributed by atoms with van der Waals surface area (Å²) in [6.45, 7) is 2.16. The molecule has 1 atom stereocenters. The van der Waals surface area contributed by atoms with Crippen molar-refractivity contribution in [2.75, 3.05) is 0 Å². The van der Waals surface area contributed by atoms with Crippen molar-refractivity contribution in [3.8, 4) is 0 Å². The predicted octanol–water partition coefficient (Wildman–Crippen LogP) is 6.40. The fourth-order valence-corrected chi connectivity index (χ4v) is 2.80. The number of rotatable bonds is 7. The highest BCUT2D eigenvalue weighted by Crippen LogP contribution is 2.38. The van der Waals surface area contributed by atoms with Crippen molar-refractivity contribution in [2.45, 2.75) is 57.5 Å². The zero-order chi connectivity index (χ0) is 15.1. The second-order valence-electron chi connectivity index (χ2n) is 5.89. The van der Waals surface area contributed by atoms with E-state index in [-0.39, 0.29) is 12.2 Å². The van der Waals surface area contributed by atoms with E-state index in [1.54, 1.807) is 12.2 Å². The molecular formula is C19H24F2. The molecule has 0 heterocycles. The molecule has 0 nitrogen and oxygen atoms in total. The molecule has 0 aromatic heterocycles. The molecule has 0 saturated heterocycles. The topological polar surface area (TPSA) is 0 Å². The third-order valence-electron chi connectivity index (χ3n) is 4.07. The van der Waals surface area contributed by atoms with Crippen molar-refractivity contribution in [1.29, 1.82) is 0 Å². The quantitative estimate of drug-likeness (QED) is 0.510. The first-order valence-corrected chi connectivity index (χ1v) is 7.97. The van der Waals surface area contributed by atoms with E-state index in [2.05, 4.69) is 6.92 Å². The SMILES string of the molecule is CCCCCCCC1(F)C=CC(c2ccccc2)=C(F)C1. The van der Waals surface area contributed by atoms with Gasteiger partial charge in [0.25, 0.3) is 0 Å². The minimum atomic E-state index is -1.51. The van der Waals surface area contributed by atoms with Crippen LogP contribution in [0.1, 0.15) is 57.4 Å². The molecule has 114 valence electrons. The fraction of sp³-hybridized carbons (Fsp3) is 0.474. The molecule has 0 spiro atoms. The van der Waals surface area contributed by atoms with Gasteiger partial charge in [-0.15, -0.1) is 0 Å². The molecule has 1 aliphatic carbocycles. The van der Waals surface area contributed by atoms with Gasteiger partial charge in [0, 0.05) is 12.0 Å². The Morgan fingerprint density at radius 3 is 2.43 bits per heavy atom. The molecular weight excluding hydrogens is 266 g/mol. The third kappa shape index (κ3) is 4.52. The smallest absolute Gasteiger partial charge is 0.135 e. The lowest BCUT2D eigenvalue weighted by molar-refractivity contribution is 0.194. The van der Waals surface area contributed by atoms with Crippen LogP contribution in [0.15, 0.2) is 48.3 Å². The van der Waals surface area contributed by atoms with E-state index >= 15 is 0 Å². The molecule has 2 rings (SSSR count). The Bertz CT molecular complexity index is 502. The maximum atomic E-state index is 14.7. The van der Waals surface area contributed by atoms with Crippen molar-refractivity contribution in [1.82, 2.24) is 0 Å². The summed E-state index contributed by atoms with van der Waals surface area (Å²) >= 11 is 0. The van der Waals surface area contributed by atoms with Crippen LogP contribution in [-0.4, -0.2) is 5.67 Å². The van der Waals surface area contributed by atoms with Gasteiger partial charge in [-0.2, -0.15) is 0 Å². The van der Waals surface area contributed by atoms with Gasteiger partial charge in [-0.25, -0.2) is 8.78 Å². The summed E-state index contributed by atoms with van der Waals surface area (Å²) in [5.74, 6) is -0.334. The van der Waals surface area contributed by atoms with Crippen molar-refractivity contribution >= 4 is 5.57 Å². The van der Waals surface area contributed by atoms with Gasteiger partial charge >= 0.3 is 0 Å². The van der Waals surface area contributed by atoms with Crippen LogP contribution in [-0.2, 0) is 0 Å². The van der Waals surface area contributed by atoms with Crippen LogP contribution < -0.4 is 0 Å². The van der Waals surface area contributed by atoms with Crippen molar-refractivity contribution < 1.29 is 8.78 Å². The zero-order valence-corrected chi connectivity index (χ0v) is 12.7. The van der Waals surface area contributed by atoms with Crippen molar-refractivity contribution in [3.63, 3.8) is 0 Å². The molecule has 1 unspecified atom stereocenters. The highest BCUT2D eigenvalue weighted by molar-refractivity contribution is 5.77. The van der Waals surface area contributed by atoms with E-state index in [1.807, 2.05) is 30.3 Å². The number of benzene rings is 1. The zero-order valence-electron chi connectivity index (χ0n) is 12.7. The van der Waals surface area contributed by atoms with Gasteiger partial charge < -0.3 is 0 Å². The van der Waals surface area contributed by atoms with E-state index in [0.29, 0.717) is 12.0 Å². The van der Waals surface area contributed by atoms with Gasteiger partial charge in [0.05, 0.1) is 0 Å². The number of hydrogen-bond donors (Lipinski definition) is 0. The van der Waals surface area contributed by atoms with Gasteiger partial charge in [-0.3, -0.25) is 0 Å². The van der Waals surface area contributed by atoms with Crippen LogP contribution in [0.5, 0.6) is 0 Å². The summed E-state index contributed by atoms with van der Waals surface area (Å²) in [5.41, 5.74) is -0.166. The Labute approximate surface area is 126 Å². The lowest BCUT2D eigenvalue weighted by atomic mass is 9.86. The van der Waals surface area contributed by atoms with E-state index in [0.717, 1.165) is 24.8 Å². The number of allylic oxidation sites excluding steroid dienone is 4. The molecule has 1 aromatic carbocycles. The predicted molar refractivity (Wildman–Crippen MR) is 85.4 cm³/mol. The van der Waals surface area contributed by atoms with E-state index in [9.17, 15) is 8.78 Å². The standard InChI is InChI=1S/C19H24F2/c1-2-3-4-5-9-13-19(21)14-12-17(18(20)15-19)16-10-7-6-8-11-16/h6-8,10-12,14H,2-5,9,13,15H2,1H3. The average Bonchev–Trinajstić information content (AvgIpc) is 2.48. The molecule has 0 bridgehead atoms. The summed E-state index contributed by atoms with van der Waals surface area (Å²) in [6.07, 6.45) is 8.84.